The Morgan fingerprint density at radius 2 is 1.84 bits per heavy atom. The van der Waals surface area contributed by atoms with Crippen LogP contribution in [0.2, 0.25) is 0 Å². The van der Waals surface area contributed by atoms with Crippen molar-refractivity contribution < 1.29 is 0 Å². The quantitative estimate of drug-likeness (QED) is 0.448. The molecule has 4 aromatic heterocycles. The van der Waals surface area contributed by atoms with Gasteiger partial charge in [0.15, 0.2) is 11.5 Å². The third-order valence-corrected chi connectivity index (χ3v) is 6.20. The van der Waals surface area contributed by atoms with Crippen molar-refractivity contribution in [3.8, 4) is 0 Å². The second kappa shape index (κ2) is 7.47. The minimum absolute atomic E-state index is 0.533. The van der Waals surface area contributed by atoms with E-state index in [0.29, 0.717) is 11.6 Å². The molecule has 0 atom stereocenters. The molecular formula is C21H19N9S. The number of benzene rings is 1. The molecule has 5 heterocycles. The van der Waals surface area contributed by atoms with Gasteiger partial charge in [-0.25, -0.2) is 15.0 Å². The van der Waals surface area contributed by atoms with Gasteiger partial charge in [0.2, 0.25) is 5.95 Å². The number of hydrogen-bond donors (Lipinski definition) is 2. The Bertz CT molecular complexity index is 1340. The molecular weight excluding hydrogens is 410 g/mol. The molecule has 2 N–H and O–H groups in total. The highest BCUT2D eigenvalue weighted by Gasteiger charge is 2.22. The average Bonchev–Trinajstić information content (AvgIpc) is 3.48. The lowest BCUT2D eigenvalue weighted by Crippen LogP contribution is -2.47. The Morgan fingerprint density at radius 1 is 0.935 bits per heavy atom. The number of H-pyrrole nitrogens is 1. The maximum Gasteiger partial charge on any atom is 0.231 e. The Balaban J connectivity index is 1.27. The van der Waals surface area contributed by atoms with Crippen LogP contribution in [0.5, 0.6) is 0 Å². The van der Waals surface area contributed by atoms with Crippen molar-refractivity contribution in [1.82, 2.24) is 29.9 Å². The van der Waals surface area contributed by atoms with Crippen LogP contribution in [0.3, 0.4) is 0 Å². The first kappa shape index (κ1) is 18.0. The molecule has 0 bridgehead atoms. The van der Waals surface area contributed by atoms with E-state index < -0.39 is 0 Å². The number of aromatic nitrogens is 6. The summed E-state index contributed by atoms with van der Waals surface area (Å²) in [6.45, 7) is 3.44. The molecule has 1 fully saturated rings. The molecule has 0 spiro atoms. The van der Waals surface area contributed by atoms with Gasteiger partial charge in [-0.05, 0) is 30.3 Å². The molecule has 9 nitrogen and oxygen atoms in total. The van der Waals surface area contributed by atoms with Crippen LogP contribution in [0.1, 0.15) is 0 Å². The number of rotatable bonds is 4. The van der Waals surface area contributed by atoms with Gasteiger partial charge in [-0.3, -0.25) is 0 Å². The highest BCUT2D eigenvalue weighted by Crippen LogP contribution is 2.27. The second-order valence-corrected chi connectivity index (χ2v) is 8.18. The number of pyridine rings is 1. The van der Waals surface area contributed by atoms with Crippen LogP contribution in [0.15, 0.2) is 54.4 Å². The van der Waals surface area contributed by atoms with Gasteiger partial charge < -0.3 is 20.1 Å². The summed E-state index contributed by atoms with van der Waals surface area (Å²) in [7, 11) is 0. The maximum absolute atomic E-state index is 4.84. The lowest BCUT2D eigenvalue weighted by Gasteiger charge is -2.36. The van der Waals surface area contributed by atoms with Gasteiger partial charge >= 0.3 is 0 Å². The van der Waals surface area contributed by atoms with E-state index in [-0.39, 0.29) is 0 Å². The smallest absolute Gasteiger partial charge is 0.231 e. The molecule has 10 heteroatoms. The minimum Gasteiger partial charge on any atom is -0.353 e. The molecule has 31 heavy (non-hydrogen) atoms. The fraction of sp³-hybridized carbons (Fsp3) is 0.190. The van der Waals surface area contributed by atoms with Gasteiger partial charge in [-0.15, -0.1) is 11.3 Å². The first-order valence-corrected chi connectivity index (χ1v) is 10.9. The Morgan fingerprint density at radius 3 is 2.71 bits per heavy atom. The zero-order valence-electron chi connectivity index (χ0n) is 16.6. The van der Waals surface area contributed by atoms with Crippen molar-refractivity contribution >= 4 is 56.0 Å². The predicted molar refractivity (Wildman–Crippen MR) is 123 cm³/mol. The van der Waals surface area contributed by atoms with Crippen LogP contribution in [-0.2, 0) is 0 Å². The Hall–Kier alpha value is -3.79. The first-order valence-electron chi connectivity index (χ1n) is 10.1. The summed E-state index contributed by atoms with van der Waals surface area (Å²) < 4.78 is 1.12. The van der Waals surface area contributed by atoms with Crippen molar-refractivity contribution in [3.63, 3.8) is 0 Å². The van der Waals surface area contributed by atoms with Crippen molar-refractivity contribution in [3.05, 3.63) is 54.4 Å². The fourth-order valence-electron chi connectivity index (χ4n) is 3.85. The number of fused-ring (bicyclic) bond motifs is 2. The minimum atomic E-state index is 0.533. The number of aromatic amines is 1. The molecule has 1 aliphatic heterocycles. The molecule has 1 aromatic carbocycles. The summed E-state index contributed by atoms with van der Waals surface area (Å²) in [5, 5.41) is 3.34. The monoisotopic (exact) mass is 429 g/mol. The van der Waals surface area contributed by atoms with Crippen molar-refractivity contribution in [2.75, 3.05) is 41.3 Å². The summed E-state index contributed by atoms with van der Waals surface area (Å²) in [6, 6.07) is 12.1. The van der Waals surface area contributed by atoms with Crippen LogP contribution in [0.4, 0.5) is 23.3 Å². The SMILES string of the molecule is c1ccc(N2CCN(c3nc(Nc4ccc5ncsc5c4)nc4nc[nH]c34)CC2)nc1. The van der Waals surface area contributed by atoms with E-state index in [4.69, 9.17) is 4.98 Å². The zero-order chi connectivity index (χ0) is 20.6. The largest absolute Gasteiger partial charge is 0.353 e. The van der Waals surface area contributed by atoms with Gasteiger partial charge in [-0.2, -0.15) is 9.97 Å². The lowest BCUT2D eigenvalue weighted by molar-refractivity contribution is 0.643. The summed E-state index contributed by atoms with van der Waals surface area (Å²) in [5.41, 5.74) is 5.28. The van der Waals surface area contributed by atoms with Crippen LogP contribution in [0, 0.1) is 0 Å². The van der Waals surface area contributed by atoms with E-state index in [0.717, 1.165) is 59.2 Å². The Labute approximate surface area is 181 Å². The molecule has 0 aliphatic carbocycles. The summed E-state index contributed by atoms with van der Waals surface area (Å²) in [4.78, 5) is 30.4. The number of anilines is 4. The Kier molecular flexibility index (Phi) is 4.34. The number of thiazole rings is 1. The number of nitrogens with one attached hydrogen (secondary N) is 2. The van der Waals surface area contributed by atoms with Crippen LogP contribution >= 0.6 is 11.3 Å². The van der Waals surface area contributed by atoms with E-state index in [1.165, 1.54) is 0 Å². The first-order chi connectivity index (χ1) is 15.3. The number of imidazole rings is 1. The maximum atomic E-state index is 4.84. The molecule has 0 amide bonds. The molecule has 0 radical (unpaired) electrons. The van der Waals surface area contributed by atoms with E-state index in [2.05, 4.69) is 52.2 Å². The van der Waals surface area contributed by atoms with Gasteiger partial charge in [0, 0.05) is 38.1 Å². The van der Waals surface area contributed by atoms with Crippen LogP contribution in [0.25, 0.3) is 21.4 Å². The molecule has 5 aromatic rings. The number of piperazine rings is 1. The fourth-order valence-corrected chi connectivity index (χ4v) is 4.57. The summed E-state index contributed by atoms with van der Waals surface area (Å²) >= 11 is 1.61. The van der Waals surface area contributed by atoms with Gasteiger partial charge in [0.1, 0.15) is 11.3 Å². The molecule has 0 saturated carbocycles. The molecule has 6 rings (SSSR count). The third-order valence-electron chi connectivity index (χ3n) is 5.41. The molecule has 154 valence electrons. The van der Waals surface area contributed by atoms with Crippen molar-refractivity contribution in [1.29, 1.82) is 0 Å². The predicted octanol–water partition coefficient (Wildman–Crippen LogP) is 3.43. The van der Waals surface area contributed by atoms with Crippen molar-refractivity contribution in [2.24, 2.45) is 0 Å². The van der Waals surface area contributed by atoms with Gasteiger partial charge in [0.05, 0.1) is 22.1 Å². The highest BCUT2D eigenvalue weighted by molar-refractivity contribution is 7.16. The average molecular weight is 430 g/mol. The number of nitrogens with zero attached hydrogens (tertiary/aromatic N) is 7. The van der Waals surface area contributed by atoms with E-state index in [1.54, 1.807) is 17.7 Å². The summed E-state index contributed by atoms with van der Waals surface area (Å²) in [5.74, 6) is 2.41. The van der Waals surface area contributed by atoms with Crippen LogP contribution < -0.4 is 15.1 Å². The highest BCUT2D eigenvalue weighted by atomic mass is 32.1. The lowest BCUT2D eigenvalue weighted by atomic mass is 10.3. The molecule has 1 saturated heterocycles. The molecule has 0 unspecified atom stereocenters. The number of hydrogen-bond acceptors (Lipinski definition) is 9. The second-order valence-electron chi connectivity index (χ2n) is 7.29. The van der Waals surface area contributed by atoms with E-state index >= 15 is 0 Å². The van der Waals surface area contributed by atoms with Crippen LogP contribution in [-0.4, -0.2) is 56.1 Å². The normalized spacial score (nSPS) is 14.5. The zero-order valence-corrected chi connectivity index (χ0v) is 17.4. The van der Waals surface area contributed by atoms with E-state index in [1.807, 2.05) is 36.0 Å². The van der Waals surface area contributed by atoms with Crippen molar-refractivity contribution in [2.45, 2.75) is 0 Å². The van der Waals surface area contributed by atoms with Gasteiger partial charge in [-0.1, -0.05) is 6.07 Å². The molecule has 1 aliphatic rings. The third kappa shape index (κ3) is 3.40. The van der Waals surface area contributed by atoms with Gasteiger partial charge in [0.25, 0.3) is 0 Å². The standard InChI is InChI=1S/C21H19N9S/c1-2-6-22-17(3-1)29-7-9-30(10-8-29)20-18-19(24-12-23-18)27-21(28-20)26-14-4-5-15-16(11-14)31-13-25-15/h1-6,11-13H,7-10H2,(H2,23,24,26,27,28). The van der Waals surface area contributed by atoms with E-state index in [9.17, 15) is 0 Å². The summed E-state index contributed by atoms with van der Waals surface area (Å²) in [6.07, 6.45) is 3.50. The topological polar surface area (TPSA) is 98.7 Å².